The van der Waals surface area contributed by atoms with Crippen LogP contribution < -0.4 is 10.5 Å². The van der Waals surface area contributed by atoms with Gasteiger partial charge in [-0.05, 0) is 28.8 Å². The first-order chi connectivity index (χ1) is 13.0. The molecule has 0 aliphatic rings. The van der Waals surface area contributed by atoms with Gasteiger partial charge in [-0.2, -0.15) is 0 Å². The third-order valence-corrected chi connectivity index (χ3v) is 5.87. The quantitative estimate of drug-likeness (QED) is 0.651. The molecule has 0 radical (unpaired) electrons. The molecule has 0 amide bonds. The molecule has 0 aromatic heterocycles. The van der Waals surface area contributed by atoms with Gasteiger partial charge in [0, 0.05) is 0 Å². The van der Waals surface area contributed by atoms with E-state index >= 15 is 0 Å². The molecule has 0 bridgehead atoms. The molecule has 0 saturated heterocycles. The Morgan fingerprint density at radius 1 is 0.815 bits per heavy atom. The summed E-state index contributed by atoms with van der Waals surface area (Å²) in [5, 5.41) is 0. The van der Waals surface area contributed by atoms with Gasteiger partial charge >= 0.3 is 0 Å². The van der Waals surface area contributed by atoms with Gasteiger partial charge in [-0.1, -0.05) is 85.5 Å². The van der Waals surface area contributed by atoms with Crippen molar-refractivity contribution in [2.45, 2.75) is 17.0 Å². The van der Waals surface area contributed by atoms with E-state index in [1.807, 2.05) is 60.7 Å². The summed E-state index contributed by atoms with van der Waals surface area (Å²) in [5.41, 5.74) is 8.98. The zero-order chi connectivity index (χ0) is 19.3. The predicted octanol–water partition coefficient (Wildman–Crippen LogP) is 4.05. The van der Waals surface area contributed by atoms with Crippen molar-refractivity contribution in [3.8, 4) is 0 Å². The Balaban J connectivity index is 1.96. The molecular weight excluding hydrogens is 356 g/mol. The molecule has 0 aliphatic carbocycles. The van der Waals surface area contributed by atoms with Gasteiger partial charge in [0.15, 0.2) is 0 Å². The standard InChI is InChI=1S/C22H22N2O2S/c1-2-17-13-15-20(16-14-17)27(25,26)24-22(19-11-7-4-8-12-19)21(23)18-9-5-3-6-10-18/h2-16,21-22,24H,1,23H2. The molecule has 2 unspecified atom stereocenters. The topological polar surface area (TPSA) is 72.2 Å². The van der Waals surface area contributed by atoms with E-state index in [4.69, 9.17) is 5.73 Å². The summed E-state index contributed by atoms with van der Waals surface area (Å²) < 4.78 is 28.7. The molecular formula is C22H22N2O2S. The Kier molecular flexibility index (Phi) is 5.86. The zero-order valence-electron chi connectivity index (χ0n) is 14.8. The summed E-state index contributed by atoms with van der Waals surface area (Å²) in [5.74, 6) is 0. The van der Waals surface area contributed by atoms with E-state index in [-0.39, 0.29) is 4.90 Å². The predicted molar refractivity (Wildman–Crippen MR) is 109 cm³/mol. The average molecular weight is 378 g/mol. The zero-order valence-corrected chi connectivity index (χ0v) is 15.6. The smallest absolute Gasteiger partial charge is 0.241 e. The summed E-state index contributed by atoms with van der Waals surface area (Å²) >= 11 is 0. The fraction of sp³-hybridized carbons (Fsp3) is 0.0909. The van der Waals surface area contributed by atoms with E-state index in [0.717, 1.165) is 16.7 Å². The largest absolute Gasteiger partial charge is 0.322 e. The molecule has 2 atom stereocenters. The van der Waals surface area contributed by atoms with Crippen LogP contribution in [-0.2, 0) is 10.0 Å². The molecule has 3 N–H and O–H groups in total. The fourth-order valence-electron chi connectivity index (χ4n) is 2.90. The number of nitrogens with two attached hydrogens (primary N) is 1. The second kappa shape index (κ2) is 8.31. The van der Waals surface area contributed by atoms with Gasteiger partial charge < -0.3 is 5.73 Å². The maximum absolute atomic E-state index is 13.0. The lowest BCUT2D eigenvalue weighted by molar-refractivity contribution is 0.504. The van der Waals surface area contributed by atoms with Crippen LogP contribution in [0.5, 0.6) is 0 Å². The van der Waals surface area contributed by atoms with Crippen LogP contribution in [0.15, 0.2) is 96.4 Å². The highest BCUT2D eigenvalue weighted by atomic mass is 32.2. The van der Waals surface area contributed by atoms with Gasteiger partial charge in [0.1, 0.15) is 0 Å². The minimum absolute atomic E-state index is 0.189. The third kappa shape index (κ3) is 4.52. The van der Waals surface area contributed by atoms with Gasteiger partial charge in [-0.15, -0.1) is 0 Å². The summed E-state index contributed by atoms with van der Waals surface area (Å²) in [7, 11) is -3.75. The van der Waals surface area contributed by atoms with Gasteiger partial charge in [0.05, 0.1) is 17.0 Å². The van der Waals surface area contributed by atoms with Crippen LogP contribution >= 0.6 is 0 Å². The monoisotopic (exact) mass is 378 g/mol. The molecule has 0 aliphatic heterocycles. The van der Waals surface area contributed by atoms with Crippen molar-refractivity contribution in [1.29, 1.82) is 0 Å². The Morgan fingerprint density at radius 3 is 1.85 bits per heavy atom. The van der Waals surface area contributed by atoms with Crippen molar-refractivity contribution >= 4 is 16.1 Å². The van der Waals surface area contributed by atoms with E-state index in [9.17, 15) is 8.42 Å². The molecule has 0 saturated carbocycles. The van der Waals surface area contributed by atoms with Gasteiger partial charge in [-0.3, -0.25) is 0 Å². The molecule has 3 aromatic rings. The number of benzene rings is 3. The molecule has 0 heterocycles. The highest BCUT2D eigenvalue weighted by Crippen LogP contribution is 2.28. The number of nitrogens with one attached hydrogen (secondary N) is 1. The summed E-state index contributed by atoms with van der Waals surface area (Å²) in [4.78, 5) is 0.189. The molecule has 3 rings (SSSR count). The number of sulfonamides is 1. The van der Waals surface area contributed by atoms with E-state index < -0.39 is 22.1 Å². The molecule has 27 heavy (non-hydrogen) atoms. The van der Waals surface area contributed by atoms with Gasteiger partial charge in [0.2, 0.25) is 10.0 Å². The first kappa shape index (κ1) is 19.0. The maximum Gasteiger partial charge on any atom is 0.241 e. The van der Waals surface area contributed by atoms with Crippen molar-refractivity contribution in [3.05, 3.63) is 108 Å². The van der Waals surface area contributed by atoms with Crippen molar-refractivity contribution in [3.63, 3.8) is 0 Å². The second-order valence-electron chi connectivity index (χ2n) is 6.22. The highest BCUT2D eigenvalue weighted by Gasteiger charge is 2.27. The minimum atomic E-state index is -3.75. The van der Waals surface area contributed by atoms with E-state index in [2.05, 4.69) is 11.3 Å². The SMILES string of the molecule is C=Cc1ccc(S(=O)(=O)NC(c2ccccc2)C(N)c2ccccc2)cc1. The van der Waals surface area contributed by atoms with Crippen LogP contribution in [0.1, 0.15) is 28.8 Å². The molecule has 0 spiro atoms. The van der Waals surface area contributed by atoms with Crippen LogP contribution in [0.2, 0.25) is 0 Å². The third-order valence-electron chi connectivity index (χ3n) is 4.41. The van der Waals surface area contributed by atoms with Crippen molar-refractivity contribution in [2.24, 2.45) is 5.73 Å². The highest BCUT2D eigenvalue weighted by molar-refractivity contribution is 7.89. The van der Waals surface area contributed by atoms with E-state index in [0.29, 0.717) is 0 Å². The first-order valence-electron chi connectivity index (χ1n) is 8.61. The van der Waals surface area contributed by atoms with Crippen molar-refractivity contribution in [2.75, 3.05) is 0 Å². The molecule has 0 fully saturated rings. The van der Waals surface area contributed by atoms with Gasteiger partial charge in [-0.25, -0.2) is 13.1 Å². The molecule has 138 valence electrons. The minimum Gasteiger partial charge on any atom is -0.322 e. The maximum atomic E-state index is 13.0. The lowest BCUT2D eigenvalue weighted by Crippen LogP contribution is -2.36. The van der Waals surface area contributed by atoms with Crippen LogP contribution in [0, 0.1) is 0 Å². The van der Waals surface area contributed by atoms with E-state index in [1.54, 1.807) is 30.3 Å². The Labute approximate surface area is 160 Å². The van der Waals surface area contributed by atoms with Gasteiger partial charge in [0.25, 0.3) is 0 Å². The number of hydrogen-bond acceptors (Lipinski definition) is 3. The van der Waals surface area contributed by atoms with E-state index in [1.165, 1.54) is 0 Å². The lowest BCUT2D eigenvalue weighted by atomic mass is 9.95. The number of hydrogen-bond donors (Lipinski definition) is 2. The number of rotatable bonds is 7. The van der Waals surface area contributed by atoms with Crippen LogP contribution in [0.3, 0.4) is 0 Å². The molecule has 4 nitrogen and oxygen atoms in total. The molecule has 5 heteroatoms. The fourth-order valence-corrected chi connectivity index (χ4v) is 4.14. The average Bonchev–Trinajstić information content (AvgIpc) is 2.73. The first-order valence-corrected chi connectivity index (χ1v) is 10.1. The summed E-state index contributed by atoms with van der Waals surface area (Å²) in [6.07, 6.45) is 1.67. The second-order valence-corrected chi connectivity index (χ2v) is 7.93. The van der Waals surface area contributed by atoms with Crippen molar-refractivity contribution in [1.82, 2.24) is 4.72 Å². The van der Waals surface area contributed by atoms with Crippen LogP contribution in [0.25, 0.3) is 6.08 Å². The Bertz CT molecular complexity index is 986. The van der Waals surface area contributed by atoms with Crippen molar-refractivity contribution < 1.29 is 8.42 Å². The summed E-state index contributed by atoms with van der Waals surface area (Å²) in [6.45, 7) is 3.69. The normalized spacial score (nSPS) is 13.7. The van der Waals surface area contributed by atoms with Crippen LogP contribution in [-0.4, -0.2) is 8.42 Å². The lowest BCUT2D eigenvalue weighted by Gasteiger charge is -2.26. The Hall–Kier alpha value is -2.73. The van der Waals surface area contributed by atoms with Crippen LogP contribution in [0.4, 0.5) is 0 Å². The molecule has 3 aromatic carbocycles. The Morgan fingerprint density at radius 2 is 1.33 bits per heavy atom. The summed E-state index contributed by atoms with van der Waals surface area (Å²) in [6, 6.07) is 24.3.